The molecule has 0 radical (unpaired) electrons. The van der Waals surface area contributed by atoms with Crippen LogP contribution in [0.15, 0.2) is 35.4 Å². The molecule has 1 aromatic carbocycles. The fraction of sp³-hybridized carbons (Fsp3) is 0.467. The Morgan fingerprint density at radius 3 is 2.62 bits per heavy atom. The molecule has 1 fully saturated rings. The third-order valence-corrected chi connectivity index (χ3v) is 3.75. The summed E-state index contributed by atoms with van der Waals surface area (Å²) < 4.78 is 10.4. The first-order valence-corrected chi connectivity index (χ1v) is 7.28. The summed E-state index contributed by atoms with van der Waals surface area (Å²) in [6, 6.07) is 6.75. The molecule has 0 spiro atoms. The van der Waals surface area contributed by atoms with Gasteiger partial charge in [0.2, 0.25) is 0 Å². The Hall–Kier alpha value is -2.45. The number of hydrogen-bond acceptors (Lipinski definition) is 7. The maximum Gasteiger partial charge on any atom is 0.380 e. The number of hydrogen-bond donors (Lipinski definition) is 2. The number of rotatable bonds is 5. The Balaban J connectivity index is 2.20. The molecule has 0 aliphatic carbocycles. The molecule has 128 valence electrons. The Kier molecular flexibility index (Phi) is 5.88. The van der Waals surface area contributed by atoms with Crippen LogP contribution in [0.2, 0.25) is 0 Å². The maximum atomic E-state index is 12.1. The Morgan fingerprint density at radius 2 is 2.04 bits per heavy atom. The van der Waals surface area contributed by atoms with Crippen LogP contribution in [-0.2, 0) is 14.3 Å². The van der Waals surface area contributed by atoms with E-state index in [4.69, 9.17) is 15.0 Å². The van der Waals surface area contributed by atoms with Crippen LogP contribution < -0.4 is 0 Å². The van der Waals surface area contributed by atoms with Gasteiger partial charge in [0.1, 0.15) is 24.4 Å². The summed E-state index contributed by atoms with van der Waals surface area (Å²) in [6.07, 6.45) is -4.47. The quantitative estimate of drug-likeness (QED) is 0.201. The third kappa shape index (κ3) is 3.72. The second-order valence-corrected chi connectivity index (χ2v) is 5.31. The van der Waals surface area contributed by atoms with Gasteiger partial charge in [-0.3, -0.25) is 4.79 Å². The summed E-state index contributed by atoms with van der Waals surface area (Å²) >= 11 is 0. The van der Waals surface area contributed by atoms with Crippen LogP contribution in [0.5, 0.6) is 0 Å². The van der Waals surface area contributed by atoms with Gasteiger partial charge in [0.25, 0.3) is 5.78 Å². The zero-order valence-electron chi connectivity index (χ0n) is 12.8. The molecular weight excluding hydrogens is 318 g/mol. The van der Waals surface area contributed by atoms with Crippen molar-refractivity contribution in [1.82, 2.24) is 0 Å². The Labute approximate surface area is 137 Å². The van der Waals surface area contributed by atoms with Crippen LogP contribution in [0.3, 0.4) is 0 Å². The van der Waals surface area contributed by atoms with E-state index in [2.05, 4.69) is 10.0 Å². The van der Waals surface area contributed by atoms with Crippen molar-refractivity contribution in [1.29, 1.82) is 0 Å². The van der Waals surface area contributed by atoms with Gasteiger partial charge in [-0.2, -0.15) is 0 Å². The second kappa shape index (κ2) is 7.89. The Bertz CT molecular complexity index is 646. The number of carbonyl (C=O) groups is 2. The molecule has 0 bridgehead atoms. The lowest BCUT2D eigenvalue weighted by molar-refractivity contribution is -0.199. The summed E-state index contributed by atoms with van der Waals surface area (Å²) in [4.78, 5) is 26.8. The number of ether oxygens (including phenoxy) is 2. The predicted octanol–water partition coefficient (Wildman–Crippen LogP) is 0.600. The third-order valence-electron chi connectivity index (χ3n) is 3.75. The minimum atomic E-state index is -1.44. The molecule has 1 aromatic rings. The van der Waals surface area contributed by atoms with Gasteiger partial charge in [0.15, 0.2) is 0 Å². The molecule has 24 heavy (non-hydrogen) atoms. The summed E-state index contributed by atoms with van der Waals surface area (Å²) in [5, 5.41) is 22.9. The zero-order valence-corrected chi connectivity index (χ0v) is 12.8. The van der Waals surface area contributed by atoms with Crippen LogP contribution in [0.4, 0.5) is 0 Å². The number of aliphatic hydroxyl groups excluding tert-OH is 2. The molecule has 9 heteroatoms. The topological polar surface area (TPSA) is 142 Å². The van der Waals surface area contributed by atoms with Crippen LogP contribution in [0.1, 0.15) is 17.3 Å². The molecule has 1 saturated heterocycles. The molecule has 0 aromatic heterocycles. The predicted molar refractivity (Wildman–Crippen MR) is 81.0 cm³/mol. The molecular formula is C15H17N3O6. The number of Topliss-reactive ketones (excluding diaryl/α,β-unsaturated/α-hetero) is 1. The molecule has 5 atom stereocenters. The lowest BCUT2D eigenvalue weighted by Crippen LogP contribution is -2.58. The van der Waals surface area contributed by atoms with E-state index in [1.807, 2.05) is 0 Å². The van der Waals surface area contributed by atoms with Crippen LogP contribution >= 0.6 is 0 Å². The molecule has 1 aliphatic heterocycles. The molecule has 2 N–H and O–H groups in total. The van der Waals surface area contributed by atoms with Crippen molar-refractivity contribution < 1.29 is 29.3 Å². The SMILES string of the molecule is CC1OC(CO)[C@@H](O)C(OC(=O)C(=O)c2ccccc2)C1N=[N+]=[N-]. The summed E-state index contributed by atoms with van der Waals surface area (Å²) in [5.74, 6) is -2.07. The van der Waals surface area contributed by atoms with E-state index in [0.29, 0.717) is 0 Å². The highest BCUT2D eigenvalue weighted by Crippen LogP contribution is 2.26. The van der Waals surface area contributed by atoms with E-state index >= 15 is 0 Å². The van der Waals surface area contributed by atoms with Crippen molar-refractivity contribution in [2.75, 3.05) is 6.61 Å². The van der Waals surface area contributed by atoms with Gasteiger partial charge < -0.3 is 19.7 Å². The van der Waals surface area contributed by atoms with Gasteiger partial charge in [-0.1, -0.05) is 35.4 Å². The van der Waals surface area contributed by atoms with E-state index in [0.717, 1.165) is 0 Å². The van der Waals surface area contributed by atoms with Crippen molar-refractivity contribution in [3.63, 3.8) is 0 Å². The zero-order chi connectivity index (χ0) is 17.7. The lowest BCUT2D eigenvalue weighted by atomic mass is 9.94. The summed E-state index contributed by atoms with van der Waals surface area (Å²) in [5.41, 5.74) is 8.78. The van der Waals surface area contributed by atoms with Crippen LogP contribution in [-0.4, -0.2) is 59.0 Å². The minimum absolute atomic E-state index is 0.135. The fourth-order valence-corrected chi connectivity index (χ4v) is 2.51. The lowest BCUT2D eigenvalue weighted by Gasteiger charge is -2.40. The number of carbonyl (C=O) groups excluding carboxylic acids is 2. The fourth-order valence-electron chi connectivity index (χ4n) is 2.51. The second-order valence-electron chi connectivity index (χ2n) is 5.31. The summed E-state index contributed by atoms with van der Waals surface area (Å²) in [7, 11) is 0. The molecule has 1 heterocycles. The van der Waals surface area contributed by atoms with E-state index in [9.17, 15) is 19.8 Å². The number of esters is 1. The number of nitrogens with zero attached hydrogens (tertiary/aromatic N) is 3. The van der Waals surface area contributed by atoms with Gasteiger partial charge in [0, 0.05) is 10.5 Å². The highest BCUT2D eigenvalue weighted by atomic mass is 16.6. The van der Waals surface area contributed by atoms with Gasteiger partial charge in [-0.15, -0.1) is 0 Å². The first kappa shape index (κ1) is 17.9. The van der Waals surface area contributed by atoms with E-state index in [1.165, 1.54) is 12.1 Å². The smallest absolute Gasteiger partial charge is 0.380 e. The summed E-state index contributed by atoms with van der Waals surface area (Å²) in [6.45, 7) is 1.03. The van der Waals surface area contributed by atoms with E-state index < -0.39 is 48.8 Å². The monoisotopic (exact) mass is 335 g/mol. The number of benzene rings is 1. The first-order valence-electron chi connectivity index (χ1n) is 7.28. The minimum Gasteiger partial charge on any atom is -0.453 e. The normalized spacial score (nSPS) is 29.4. The maximum absolute atomic E-state index is 12.1. The average Bonchev–Trinajstić information content (AvgIpc) is 2.60. The van der Waals surface area contributed by atoms with E-state index in [-0.39, 0.29) is 5.56 Å². The first-order chi connectivity index (χ1) is 11.5. The van der Waals surface area contributed by atoms with Crippen molar-refractivity contribution in [2.45, 2.75) is 37.4 Å². The molecule has 0 saturated carbocycles. The number of aliphatic hydroxyl groups is 2. The van der Waals surface area contributed by atoms with Crippen molar-refractivity contribution in [3.05, 3.63) is 46.3 Å². The molecule has 0 amide bonds. The average molecular weight is 335 g/mol. The van der Waals surface area contributed by atoms with Crippen molar-refractivity contribution in [2.24, 2.45) is 5.11 Å². The standard InChI is InChI=1S/C15H17N3O6/c1-8-11(17-18-16)14(13(21)10(7-19)23-8)24-15(22)12(20)9-5-3-2-4-6-9/h2-6,8,10-11,13-14,19,21H,7H2,1H3/t8?,10?,11?,13-,14?/m1/s1. The highest BCUT2D eigenvalue weighted by molar-refractivity contribution is 6.40. The van der Waals surface area contributed by atoms with Crippen molar-refractivity contribution >= 4 is 11.8 Å². The van der Waals surface area contributed by atoms with Crippen LogP contribution in [0, 0.1) is 0 Å². The van der Waals surface area contributed by atoms with E-state index in [1.54, 1.807) is 25.1 Å². The van der Waals surface area contributed by atoms with Crippen molar-refractivity contribution in [3.8, 4) is 0 Å². The van der Waals surface area contributed by atoms with Crippen LogP contribution in [0.25, 0.3) is 10.4 Å². The molecule has 1 aliphatic rings. The molecule has 4 unspecified atom stereocenters. The van der Waals surface area contributed by atoms with Gasteiger partial charge >= 0.3 is 5.97 Å². The van der Waals surface area contributed by atoms with Gasteiger partial charge in [-0.05, 0) is 12.5 Å². The number of azide groups is 1. The van der Waals surface area contributed by atoms with Gasteiger partial charge in [-0.25, -0.2) is 4.79 Å². The largest absolute Gasteiger partial charge is 0.453 e. The highest BCUT2D eigenvalue weighted by Gasteiger charge is 2.45. The van der Waals surface area contributed by atoms with Gasteiger partial charge in [0.05, 0.1) is 12.7 Å². The molecule has 2 rings (SSSR count). The molecule has 9 nitrogen and oxygen atoms in total. The number of ketones is 1. The Morgan fingerprint density at radius 1 is 1.38 bits per heavy atom.